The maximum atomic E-state index is 12.7. The highest BCUT2D eigenvalue weighted by Crippen LogP contribution is 2.20. The van der Waals surface area contributed by atoms with Crippen molar-refractivity contribution in [3.8, 4) is 0 Å². The first-order chi connectivity index (χ1) is 11.5. The van der Waals surface area contributed by atoms with Crippen LogP contribution in [0, 0.1) is 0 Å². The summed E-state index contributed by atoms with van der Waals surface area (Å²) < 4.78 is 0. The van der Waals surface area contributed by atoms with Gasteiger partial charge in [-0.1, -0.05) is 23.7 Å². The summed E-state index contributed by atoms with van der Waals surface area (Å²) in [5, 5.41) is 3.49. The van der Waals surface area contributed by atoms with Gasteiger partial charge < -0.3 is 15.1 Å². The molecule has 6 heteroatoms. The molecule has 0 bridgehead atoms. The second kappa shape index (κ2) is 7.26. The lowest BCUT2D eigenvalue weighted by molar-refractivity contribution is -0.128. The second-order valence-corrected chi connectivity index (χ2v) is 6.79. The zero-order valence-corrected chi connectivity index (χ0v) is 14.6. The number of halogens is 1. The maximum absolute atomic E-state index is 12.7. The van der Waals surface area contributed by atoms with E-state index in [1.807, 2.05) is 47.1 Å². The molecule has 0 radical (unpaired) electrons. The summed E-state index contributed by atoms with van der Waals surface area (Å²) in [4.78, 5) is 28.3. The van der Waals surface area contributed by atoms with Crippen LogP contribution in [0.25, 0.3) is 6.08 Å². The number of carbonyl (C=O) groups excluding carboxylic acids is 2. The minimum Gasteiger partial charge on any atom is -0.337 e. The molecule has 0 spiro atoms. The van der Waals surface area contributed by atoms with E-state index in [4.69, 9.17) is 11.6 Å². The summed E-state index contributed by atoms with van der Waals surface area (Å²) in [6.45, 7) is 4.59. The number of benzene rings is 1. The van der Waals surface area contributed by atoms with Crippen LogP contribution in [0.5, 0.6) is 0 Å². The Hall–Kier alpha value is -2.01. The number of likely N-dealkylation sites (tertiary alicyclic amines) is 1. The van der Waals surface area contributed by atoms with E-state index in [1.165, 1.54) is 0 Å². The third-order valence-electron chi connectivity index (χ3n) is 4.58. The van der Waals surface area contributed by atoms with E-state index >= 15 is 0 Å². The van der Waals surface area contributed by atoms with Crippen LogP contribution in [0.1, 0.15) is 25.3 Å². The molecular weight excluding hydrogens is 326 g/mol. The number of carbonyl (C=O) groups is 2. The van der Waals surface area contributed by atoms with Gasteiger partial charge in [-0.25, -0.2) is 4.79 Å². The minimum atomic E-state index is -0.0134. The number of piperidine rings is 1. The molecule has 2 aliphatic rings. The fraction of sp³-hybridized carbons (Fsp3) is 0.444. The Bertz CT molecular complexity index is 674. The molecule has 128 valence electrons. The molecule has 3 rings (SSSR count). The Morgan fingerprint density at radius 2 is 2.21 bits per heavy atom. The molecule has 2 aliphatic heterocycles. The topological polar surface area (TPSA) is 52.7 Å². The first-order valence-electron chi connectivity index (χ1n) is 8.32. The van der Waals surface area contributed by atoms with Crippen molar-refractivity contribution in [2.24, 2.45) is 0 Å². The lowest BCUT2D eigenvalue weighted by atomic mass is 10.0. The average molecular weight is 348 g/mol. The molecule has 5 nitrogen and oxygen atoms in total. The summed E-state index contributed by atoms with van der Waals surface area (Å²) in [7, 11) is 0. The van der Waals surface area contributed by atoms with Crippen LogP contribution < -0.4 is 5.32 Å². The Kier molecular flexibility index (Phi) is 5.09. The van der Waals surface area contributed by atoms with Gasteiger partial charge in [-0.3, -0.25) is 4.79 Å². The number of hydrogen-bond donors (Lipinski definition) is 1. The van der Waals surface area contributed by atoms with E-state index in [0.717, 1.165) is 31.5 Å². The van der Waals surface area contributed by atoms with Gasteiger partial charge in [0.1, 0.15) is 0 Å². The molecule has 1 unspecified atom stereocenters. The molecule has 0 saturated carbocycles. The van der Waals surface area contributed by atoms with Crippen molar-refractivity contribution in [1.29, 1.82) is 0 Å². The molecule has 0 aromatic heterocycles. The van der Waals surface area contributed by atoms with Crippen LogP contribution in [-0.4, -0.2) is 54.0 Å². The van der Waals surface area contributed by atoms with E-state index in [0.29, 0.717) is 23.7 Å². The Morgan fingerprint density at radius 1 is 1.38 bits per heavy atom. The van der Waals surface area contributed by atoms with Gasteiger partial charge in [0.15, 0.2) is 0 Å². The van der Waals surface area contributed by atoms with Gasteiger partial charge in [-0.2, -0.15) is 0 Å². The molecule has 3 amide bonds. The quantitative estimate of drug-likeness (QED) is 0.855. The van der Waals surface area contributed by atoms with Gasteiger partial charge in [0.05, 0.1) is 6.04 Å². The number of amides is 3. The molecule has 2 heterocycles. The van der Waals surface area contributed by atoms with Crippen molar-refractivity contribution in [1.82, 2.24) is 15.1 Å². The van der Waals surface area contributed by atoms with E-state index in [2.05, 4.69) is 5.32 Å². The fourth-order valence-corrected chi connectivity index (χ4v) is 3.58. The van der Waals surface area contributed by atoms with E-state index in [9.17, 15) is 9.59 Å². The molecule has 1 aromatic carbocycles. The number of rotatable bonds is 3. The number of nitrogens with one attached hydrogen (secondary N) is 1. The number of nitrogens with zero attached hydrogens (tertiary/aromatic N) is 2. The highest BCUT2D eigenvalue weighted by Gasteiger charge is 2.32. The lowest BCUT2D eigenvalue weighted by Gasteiger charge is -2.37. The SMILES string of the molecule is C/C(=C\c1cccc(Cl)c1)C(=O)N1CCCC(N2CCNC2=O)C1. The predicted octanol–water partition coefficient (Wildman–Crippen LogP) is 2.76. The van der Waals surface area contributed by atoms with Gasteiger partial charge in [0.2, 0.25) is 5.91 Å². The third-order valence-corrected chi connectivity index (χ3v) is 4.82. The highest BCUT2D eigenvalue weighted by molar-refractivity contribution is 6.30. The first kappa shape index (κ1) is 16.8. The molecule has 0 aliphatic carbocycles. The van der Waals surface area contributed by atoms with Gasteiger partial charge in [0.25, 0.3) is 0 Å². The van der Waals surface area contributed by atoms with Crippen LogP contribution in [0.4, 0.5) is 4.79 Å². The van der Waals surface area contributed by atoms with Crippen LogP contribution in [0.15, 0.2) is 29.8 Å². The standard InChI is InChI=1S/C18H22ClN3O2/c1-13(10-14-4-2-5-15(19)11-14)17(23)21-8-3-6-16(12-21)22-9-7-20-18(22)24/h2,4-5,10-11,16H,3,6-9,12H2,1H3,(H,20,24)/b13-10+. The van der Waals surface area contributed by atoms with Crippen molar-refractivity contribution in [3.05, 3.63) is 40.4 Å². The maximum Gasteiger partial charge on any atom is 0.317 e. The third kappa shape index (κ3) is 3.73. The summed E-state index contributed by atoms with van der Waals surface area (Å²) in [5.74, 6) is 0.0271. The Balaban J connectivity index is 1.68. The second-order valence-electron chi connectivity index (χ2n) is 6.35. The summed E-state index contributed by atoms with van der Waals surface area (Å²) in [6, 6.07) is 7.55. The van der Waals surface area contributed by atoms with Crippen molar-refractivity contribution in [2.75, 3.05) is 26.2 Å². The monoisotopic (exact) mass is 347 g/mol. The molecule has 24 heavy (non-hydrogen) atoms. The van der Waals surface area contributed by atoms with Crippen molar-refractivity contribution in [2.45, 2.75) is 25.8 Å². The summed E-state index contributed by atoms with van der Waals surface area (Å²) in [6.07, 6.45) is 3.74. The van der Waals surface area contributed by atoms with Crippen LogP contribution in [-0.2, 0) is 4.79 Å². The van der Waals surface area contributed by atoms with Crippen LogP contribution >= 0.6 is 11.6 Å². The average Bonchev–Trinajstić information content (AvgIpc) is 3.00. The lowest BCUT2D eigenvalue weighted by Crippen LogP contribution is -2.50. The molecular formula is C18H22ClN3O2. The molecule has 1 aromatic rings. The highest BCUT2D eigenvalue weighted by atomic mass is 35.5. The van der Waals surface area contributed by atoms with Crippen molar-refractivity contribution < 1.29 is 9.59 Å². The van der Waals surface area contributed by atoms with Gasteiger partial charge >= 0.3 is 6.03 Å². The van der Waals surface area contributed by atoms with Gasteiger partial charge in [0, 0.05) is 36.8 Å². The van der Waals surface area contributed by atoms with E-state index in [-0.39, 0.29) is 18.0 Å². The molecule has 1 atom stereocenters. The van der Waals surface area contributed by atoms with E-state index in [1.54, 1.807) is 0 Å². The zero-order chi connectivity index (χ0) is 17.1. The number of urea groups is 1. The fourth-order valence-electron chi connectivity index (χ4n) is 3.39. The largest absolute Gasteiger partial charge is 0.337 e. The minimum absolute atomic E-state index is 0.0134. The van der Waals surface area contributed by atoms with Crippen molar-refractivity contribution in [3.63, 3.8) is 0 Å². The normalized spacial score (nSPS) is 21.8. The predicted molar refractivity (Wildman–Crippen MR) is 94.8 cm³/mol. The number of hydrogen-bond acceptors (Lipinski definition) is 2. The van der Waals surface area contributed by atoms with Crippen LogP contribution in [0.2, 0.25) is 5.02 Å². The molecule has 2 fully saturated rings. The molecule has 2 saturated heterocycles. The summed E-state index contributed by atoms with van der Waals surface area (Å²) in [5.41, 5.74) is 1.60. The summed E-state index contributed by atoms with van der Waals surface area (Å²) >= 11 is 5.99. The van der Waals surface area contributed by atoms with Crippen LogP contribution in [0.3, 0.4) is 0 Å². The van der Waals surface area contributed by atoms with Gasteiger partial charge in [-0.05, 0) is 43.5 Å². The van der Waals surface area contributed by atoms with E-state index < -0.39 is 0 Å². The smallest absolute Gasteiger partial charge is 0.317 e. The first-order valence-corrected chi connectivity index (χ1v) is 8.70. The molecule has 1 N–H and O–H groups in total. The Morgan fingerprint density at radius 3 is 2.92 bits per heavy atom. The van der Waals surface area contributed by atoms with Gasteiger partial charge in [-0.15, -0.1) is 0 Å². The Labute approximate surface area is 147 Å². The van der Waals surface area contributed by atoms with Crippen molar-refractivity contribution >= 4 is 29.6 Å². The zero-order valence-electron chi connectivity index (χ0n) is 13.8.